The molecule has 0 aromatic rings. The molecule has 2 nitrogen and oxygen atoms in total. The van der Waals surface area contributed by atoms with Crippen molar-refractivity contribution in [2.24, 2.45) is 0 Å². The van der Waals surface area contributed by atoms with Crippen LogP contribution in [0.3, 0.4) is 0 Å². The molecular formula is C6H10F6O2Si. The summed E-state index contributed by atoms with van der Waals surface area (Å²) >= 11 is 0. The molecule has 0 bridgehead atoms. The summed E-state index contributed by atoms with van der Waals surface area (Å²) in [5, 5.41) is 0. The summed E-state index contributed by atoms with van der Waals surface area (Å²) in [6.07, 6.45) is 0. The lowest BCUT2D eigenvalue weighted by atomic mass is 10.9. The van der Waals surface area contributed by atoms with Gasteiger partial charge in [-0.25, -0.2) is 0 Å². The van der Waals surface area contributed by atoms with Gasteiger partial charge in [0.1, 0.15) is 0 Å². The quantitative estimate of drug-likeness (QED) is 0.568. The third-order valence-corrected chi connectivity index (χ3v) is 4.32. The Balaban J connectivity index is 5.28. The number of rotatable bonds is 4. The zero-order valence-electron chi connectivity index (χ0n) is 8.00. The van der Waals surface area contributed by atoms with Crippen LogP contribution in [-0.4, -0.2) is 33.4 Å². The van der Waals surface area contributed by atoms with Gasteiger partial charge in [0.2, 0.25) is 0 Å². The molecule has 0 aliphatic heterocycles. The van der Waals surface area contributed by atoms with Crippen molar-refractivity contribution in [1.29, 1.82) is 0 Å². The fourth-order valence-corrected chi connectivity index (χ4v) is 2.81. The predicted molar refractivity (Wildman–Crippen MR) is 41.1 cm³/mol. The smallest absolute Gasteiger partial charge is 0.383 e. The van der Waals surface area contributed by atoms with Crippen LogP contribution >= 0.6 is 0 Å². The number of halogens is 6. The van der Waals surface area contributed by atoms with Gasteiger partial charge in [-0.2, -0.15) is 26.3 Å². The van der Waals surface area contributed by atoms with Crippen LogP contribution in [0.4, 0.5) is 26.3 Å². The maximum atomic E-state index is 12.3. The van der Waals surface area contributed by atoms with Gasteiger partial charge in [0.15, 0.2) is 0 Å². The van der Waals surface area contributed by atoms with E-state index in [1.807, 2.05) is 0 Å². The molecule has 0 fully saturated rings. The summed E-state index contributed by atoms with van der Waals surface area (Å²) in [5.41, 5.74) is 0. The third-order valence-electron chi connectivity index (χ3n) is 1.44. The second kappa shape index (κ2) is 4.70. The van der Waals surface area contributed by atoms with Crippen molar-refractivity contribution in [1.82, 2.24) is 0 Å². The zero-order valence-corrected chi connectivity index (χ0v) is 9.00. The SMILES string of the molecule is CCO[Si](OCC)(C(F)(F)F)C(F)(F)F. The monoisotopic (exact) mass is 256 g/mol. The molecule has 0 unspecified atom stereocenters. The van der Waals surface area contributed by atoms with Gasteiger partial charge in [0.05, 0.1) is 0 Å². The average Bonchev–Trinajstić information content (AvgIpc) is 1.99. The highest BCUT2D eigenvalue weighted by Crippen LogP contribution is 2.42. The number of alkyl halides is 6. The lowest BCUT2D eigenvalue weighted by molar-refractivity contribution is -0.169. The van der Waals surface area contributed by atoms with E-state index in [0.717, 1.165) is 13.8 Å². The van der Waals surface area contributed by atoms with E-state index in [2.05, 4.69) is 8.85 Å². The Labute approximate surface area is 83.4 Å². The van der Waals surface area contributed by atoms with Crippen LogP contribution in [0.5, 0.6) is 0 Å². The van der Waals surface area contributed by atoms with Crippen LogP contribution in [0.15, 0.2) is 0 Å². The largest absolute Gasteiger partial charge is 0.573 e. The Kier molecular flexibility index (Phi) is 4.61. The van der Waals surface area contributed by atoms with Crippen molar-refractivity contribution in [3.8, 4) is 0 Å². The molecule has 92 valence electrons. The van der Waals surface area contributed by atoms with Crippen LogP contribution < -0.4 is 0 Å². The van der Waals surface area contributed by atoms with Crippen molar-refractivity contribution in [2.45, 2.75) is 25.4 Å². The van der Waals surface area contributed by atoms with Crippen LogP contribution in [0, 0.1) is 0 Å². The minimum atomic E-state index is -6.20. The maximum Gasteiger partial charge on any atom is 0.573 e. The first-order valence-electron chi connectivity index (χ1n) is 4.03. The Bertz CT molecular complexity index is 179. The first-order valence-corrected chi connectivity index (χ1v) is 5.85. The van der Waals surface area contributed by atoms with E-state index in [1.54, 1.807) is 0 Å². The highest BCUT2D eigenvalue weighted by atomic mass is 28.4. The van der Waals surface area contributed by atoms with Gasteiger partial charge < -0.3 is 8.85 Å². The minimum Gasteiger partial charge on any atom is -0.383 e. The normalized spacial score (nSPS) is 14.4. The van der Waals surface area contributed by atoms with Crippen molar-refractivity contribution in [3.05, 3.63) is 0 Å². The molecule has 0 aliphatic carbocycles. The highest BCUT2D eigenvalue weighted by Gasteiger charge is 2.79. The average molecular weight is 256 g/mol. The summed E-state index contributed by atoms with van der Waals surface area (Å²) in [6, 6.07) is 0. The molecule has 0 saturated carbocycles. The Morgan fingerprint density at radius 3 is 1.20 bits per heavy atom. The highest BCUT2D eigenvalue weighted by molar-refractivity contribution is 6.71. The molecule has 0 aliphatic rings. The molecule has 0 saturated heterocycles. The van der Waals surface area contributed by atoms with Crippen LogP contribution in [0.1, 0.15) is 13.8 Å². The molecule has 0 heterocycles. The van der Waals surface area contributed by atoms with Gasteiger partial charge in [0, 0.05) is 13.2 Å². The van der Waals surface area contributed by atoms with Crippen molar-refractivity contribution < 1.29 is 35.2 Å². The Hall–Kier alpha value is -0.283. The van der Waals surface area contributed by atoms with E-state index >= 15 is 0 Å². The number of hydrogen-bond donors (Lipinski definition) is 0. The molecule has 9 heteroatoms. The first kappa shape index (κ1) is 14.7. The van der Waals surface area contributed by atoms with E-state index in [9.17, 15) is 26.3 Å². The number of hydrogen-bond acceptors (Lipinski definition) is 2. The second-order valence-corrected chi connectivity index (χ2v) is 5.42. The van der Waals surface area contributed by atoms with E-state index < -0.39 is 33.4 Å². The van der Waals surface area contributed by atoms with Crippen LogP contribution in [0.2, 0.25) is 0 Å². The summed E-state index contributed by atoms with van der Waals surface area (Å²) in [7, 11) is -6.20. The molecule has 0 N–H and O–H groups in total. The molecule has 0 amide bonds. The molecule has 0 aromatic heterocycles. The van der Waals surface area contributed by atoms with Crippen molar-refractivity contribution >= 4 is 8.56 Å². The first-order chi connectivity index (χ1) is 6.62. The Morgan fingerprint density at radius 2 is 1.07 bits per heavy atom. The summed E-state index contributed by atoms with van der Waals surface area (Å²) in [6.45, 7) is 0.701. The molecular weight excluding hydrogens is 246 g/mol. The van der Waals surface area contributed by atoms with Gasteiger partial charge in [-0.15, -0.1) is 0 Å². The second-order valence-electron chi connectivity index (χ2n) is 2.48. The van der Waals surface area contributed by atoms with E-state index in [1.165, 1.54) is 0 Å². The molecule has 0 rings (SSSR count). The predicted octanol–water partition coefficient (Wildman–Crippen LogP) is 2.70. The fraction of sp³-hybridized carbons (Fsp3) is 1.00. The maximum absolute atomic E-state index is 12.3. The molecule has 15 heavy (non-hydrogen) atoms. The summed E-state index contributed by atoms with van der Waals surface area (Å²) < 4.78 is 81.8. The standard InChI is InChI=1S/C6H10F6O2Si/c1-3-13-15(14-4-2,5(7,8)9)6(10,11)12/h3-4H2,1-2H3. The minimum absolute atomic E-state index is 0.703. The van der Waals surface area contributed by atoms with Crippen LogP contribution in [-0.2, 0) is 8.85 Å². The fourth-order valence-electron chi connectivity index (χ4n) is 0.936. The third kappa shape index (κ3) is 2.85. The van der Waals surface area contributed by atoms with E-state index in [0.29, 0.717) is 0 Å². The zero-order chi connectivity index (χ0) is 12.3. The van der Waals surface area contributed by atoms with Gasteiger partial charge in [-0.3, -0.25) is 0 Å². The molecule has 0 atom stereocenters. The topological polar surface area (TPSA) is 18.5 Å². The van der Waals surface area contributed by atoms with E-state index in [4.69, 9.17) is 0 Å². The summed E-state index contributed by atoms with van der Waals surface area (Å²) in [4.78, 5) is 0. The van der Waals surface area contributed by atoms with Gasteiger partial charge in [-0.05, 0) is 13.8 Å². The van der Waals surface area contributed by atoms with Crippen molar-refractivity contribution in [2.75, 3.05) is 13.2 Å². The molecule has 0 radical (unpaired) electrons. The molecule has 0 aromatic carbocycles. The Morgan fingerprint density at radius 1 is 0.800 bits per heavy atom. The van der Waals surface area contributed by atoms with Gasteiger partial charge >= 0.3 is 20.2 Å². The lowest BCUT2D eigenvalue weighted by Crippen LogP contribution is -2.66. The lowest BCUT2D eigenvalue weighted by Gasteiger charge is -2.32. The summed E-state index contributed by atoms with van der Waals surface area (Å²) in [5.74, 6) is -11.1. The van der Waals surface area contributed by atoms with Crippen molar-refractivity contribution in [3.63, 3.8) is 0 Å². The van der Waals surface area contributed by atoms with Crippen LogP contribution in [0.25, 0.3) is 0 Å². The van der Waals surface area contributed by atoms with Gasteiger partial charge in [-0.1, -0.05) is 0 Å². The van der Waals surface area contributed by atoms with E-state index in [-0.39, 0.29) is 0 Å². The molecule has 0 spiro atoms. The van der Waals surface area contributed by atoms with Gasteiger partial charge in [0.25, 0.3) is 0 Å².